The molecule has 2 rings (SSSR count). The summed E-state index contributed by atoms with van der Waals surface area (Å²) in [4.78, 5) is 14.2. The topological polar surface area (TPSA) is 32.3 Å². The van der Waals surface area contributed by atoms with E-state index < -0.39 is 0 Å². The third-order valence-electron chi connectivity index (χ3n) is 3.14. The van der Waals surface area contributed by atoms with Crippen molar-refractivity contribution in [2.24, 2.45) is 0 Å². The smallest absolute Gasteiger partial charge is 0.308 e. The lowest BCUT2D eigenvalue weighted by Crippen LogP contribution is -2.35. The molecular weight excluding hydrogens is 284 g/mol. The zero-order chi connectivity index (χ0) is 15.1. The van der Waals surface area contributed by atoms with Gasteiger partial charge in [0.2, 0.25) is 0 Å². The zero-order valence-electron chi connectivity index (χ0n) is 12.1. The van der Waals surface area contributed by atoms with Crippen LogP contribution in [0.25, 0.3) is 0 Å². The Morgan fingerprint density at radius 2 is 1.76 bits per heavy atom. The largest absolute Gasteiger partial charge is 0.326 e. The van der Waals surface area contributed by atoms with Gasteiger partial charge in [-0.15, -0.1) is 0 Å². The zero-order valence-corrected chi connectivity index (χ0v) is 12.8. The van der Waals surface area contributed by atoms with Crippen molar-refractivity contribution >= 4 is 29.0 Å². The van der Waals surface area contributed by atoms with Crippen LogP contribution in [0.2, 0.25) is 5.02 Å². The summed E-state index contributed by atoms with van der Waals surface area (Å²) >= 11 is 5.85. The summed E-state index contributed by atoms with van der Waals surface area (Å²) in [5.74, 6) is 0. The van der Waals surface area contributed by atoms with Gasteiger partial charge in [0.15, 0.2) is 0 Å². The van der Waals surface area contributed by atoms with Gasteiger partial charge in [-0.05, 0) is 42.8 Å². The Morgan fingerprint density at radius 1 is 1.10 bits per heavy atom. The Hall–Kier alpha value is -2.00. The molecule has 0 unspecified atom stereocenters. The number of unbranched alkanes of at least 4 members (excludes halogenated alkanes) is 1. The highest BCUT2D eigenvalue weighted by Crippen LogP contribution is 2.18. The number of nitrogens with one attached hydrogen (secondary N) is 1. The highest BCUT2D eigenvalue weighted by molar-refractivity contribution is 6.30. The lowest BCUT2D eigenvalue weighted by molar-refractivity contribution is 0.257. The number of halogens is 1. The van der Waals surface area contributed by atoms with Crippen LogP contribution < -0.4 is 10.2 Å². The van der Waals surface area contributed by atoms with Crippen molar-refractivity contribution in [3.8, 4) is 0 Å². The number of benzene rings is 2. The number of carbonyl (C=O) groups is 1. The first-order chi connectivity index (χ1) is 10.2. The fourth-order valence-corrected chi connectivity index (χ4v) is 2.12. The van der Waals surface area contributed by atoms with E-state index >= 15 is 0 Å². The second-order valence-electron chi connectivity index (χ2n) is 4.78. The van der Waals surface area contributed by atoms with Gasteiger partial charge in [0, 0.05) is 22.9 Å². The lowest BCUT2D eigenvalue weighted by Gasteiger charge is -2.23. The summed E-state index contributed by atoms with van der Waals surface area (Å²) in [7, 11) is 0. The molecule has 0 saturated heterocycles. The molecule has 21 heavy (non-hydrogen) atoms. The van der Waals surface area contributed by atoms with Crippen molar-refractivity contribution in [2.45, 2.75) is 19.8 Å². The van der Waals surface area contributed by atoms with E-state index in [-0.39, 0.29) is 6.03 Å². The fraction of sp³-hybridized carbons (Fsp3) is 0.235. The number of hydrogen-bond acceptors (Lipinski definition) is 1. The Bertz CT molecular complexity index is 569. The van der Waals surface area contributed by atoms with Gasteiger partial charge in [0.05, 0.1) is 0 Å². The van der Waals surface area contributed by atoms with Crippen molar-refractivity contribution in [1.82, 2.24) is 0 Å². The van der Waals surface area contributed by atoms with Crippen molar-refractivity contribution in [1.29, 1.82) is 0 Å². The maximum atomic E-state index is 12.5. The summed E-state index contributed by atoms with van der Waals surface area (Å²) < 4.78 is 0. The molecular formula is C17H19ClN2O. The van der Waals surface area contributed by atoms with Crippen molar-refractivity contribution in [3.63, 3.8) is 0 Å². The number of nitrogens with zero attached hydrogens (tertiary/aromatic N) is 1. The van der Waals surface area contributed by atoms with Crippen molar-refractivity contribution in [3.05, 3.63) is 59.6 Å². The molecule has 0 atom stereocenters. The quantitative estimate of drug-likeness (QED) is 0.811. The molecule has 0 bridgehead atoms. The molecule has 1 N–H and O–H groups in total. The summed E-state index contributed by atoms with van der Waals surface area (Å²) in [6, 6.07) is 16.7. The molecule has 2 aromatic rings. The summed E-state index contributed by atoms with van der Waals surface area (Å²) in [6.45, 7) is 2.81. The maximum Gasteiger partial charge on any atom is 0.326 e. The monoisotopic (exact) mass is 302 g/mol. The van der Waals surface area contributed by atoms with Gasteiger partial charge in [0.1, 0.15) is 0 Å². The lowest BCUT2D eigenvalue weighted by atomic mass is 10.2. The Labute approximate surface area is 130 Å². The standard InChI is InChI=1S/C17H19ClN2O/c1-2-3-13-20(16-7-5-4-6-8-16)17(21)19-15-11-9-14(18)10-12-15/h4-12H,2-3,13H2,1H3,(H,19,21). The first kappa shape index (κ1) is 15.4. The highest BCUT2D eigenvalue weighted by atomic mass is 35.5. The normalized spacial score (nSPS) is 10.2. The molecule has 4 heteroatoms. The van der Waals surface area contributed by atoms with E-state index in [1.165, 1.54) is 0 Å². The molecule has 2 amide bonds. The number of amides is 2. The summed E-state index contributed by atoms with van der Waals surface area (Å²) in [6.07, 6.45) is 2.00. The first-order valence-electron chi connectivity index (χ1n) is 7.10. The minimum absolute atomic E-state index is 0.128. The molecule has 0 aliphatic heterocycles. The maximum absolute atomic E-state index is 12.5. The molecule has 0 fully saturated rings. The van der Waals surface area contributed by atoms with E-state index in [9.17, 15) is 4.79 Å². The second kappa shape index (κ2) is 7.70. The van der Waals surface area contributed by atoms with Crippen molar-refractivity contribution in [2.75, 3.05) is 16.8 Å². The molecule has 2 aromatic carbocycles. The van der Waals surface area contributed by atoms with Crippen LogP contribution in [0.4, 0.5) is 16.2 Å². The Morgan fingerprint density at radius 3 is 2.38 bits per heavy atom. The molecule has 0 saturated carbocycles. The minimum atomic E-state index is -0.128. The second-order valence-corrected chi connectivity index (χ2v) is 5.21. The van der Waals surface area contributed by atoms with Crippen LogP contribution in [0.1, 0.15) is 19.8 Å². The van der Waals surface area contributed by atoms with Crippen LogP contribution in [-0.4, -0.2) is 12.6 Å². The molecule has 0 spiro atoms. The molecule has 110 valence electrons. The number of hydrogen-bond donors (Lipinski definition) is 1. The highest BCUT2D eigenvalue weighted by Gasteiger charge is 2.14. The van der Waals surface area contributed by atoms with E-state index in [0.717, 1.165) is 24.2 Å². The molecule has 3 nitrogen and oxygen atoms in total. The van der Waals surface area contributed by atoms with Gasteiger partial charge in [-0.3, -0.25) is 4.90 Å². The van der Waals surface area contributed by atoms with Crippen molar-refractivity contribution < 1.29 is 4.79 Å². The fourth-order valence-electron chi connectivity index (χ4n) is 2.00. The molecule has 0 aromatic heterocycles. The van der Waals surface area contributed by atoms with Gasteiger partial charge < -0.3 is 5.32 Å². The SMILES string of the molecule is CCCCN(C(=O)Nc1ccc(Cl)cc1)c1ccccc1. The van der Waals surface area contributed by atoms with Crippen LogP contribution in [0.3, 0.4) is 0 Å². The number of urea groups is 1. The van der Waals surface area contributed by atoms with Gasteiger partial charge in [-0.2, -0.15) is 0 Å². The predicted octanol–water partition coefficient (Wildman–Crippen LogP) is 5.18. The van der Waals surface area contributed by atoms with E-state index in [4.69, 9.17) is 11.6 Å². The molecule has 0 radical (unpaired) electrons. The Kier molecular flexibility index (Phi) is 5.64. The van der Waals surface area contributed by atoms with Crippen LogP contribution in [0.5, 0.6) is 0 Å². The molecule has 0 aliphatic carbocycles. The summed E-state index contributed by atoms with van der Waals surface area (Å²) in [5.41, 5.74) is 1.64. The van der Waals surface area contributed by atoms with Crippen LogP contribution in [0, 0.1) is 0 Å². The first-order valence-corrected chi connectivity index (χ1v) is 7.47. The van der Waals surface area contributed by atoms with E-state index in [2.05, 4.69) is 12.2 Å². The van der Waals surface area contributed by atoms with Crippen LogP contribution in [-0.2, 0) is 0 Å². The van der Waals surface area contributed by atoms with E-state index in [1.54, 1.807) is 29.2 Å². The summed E-state index contributed by atoms with van der Waals surface area (Å²) in [5, 5.41) is 3.56. The average molecular weight is 303 g/mol. The number of para-hydroxylation sites is 1. The van der Waals surface area contributed by atoms with Gasteiger partial charge in [0.25, 0.3) is 0 Å². The third-order valence-corrected chi connectivity index (χ3v) is 3.40. The minimum Gasteiger partial charge on any atom is -0.308 e. The van der Waals surface area contributed by atoms with Gasteiger partial charge in [-0.25, -0.2) is 4.79 Å². The third kappa shape index (κ3) is 4.50. The Balaban J connectivity index is 2.12. The average Bonchev–Trinajstić information content (AvgIpc) is 2.51. The van der Waals surface area contributed by atoms with Gasteiger partial charge in [-0.1, -0.05) is 43.1 Å². The van der Waals surface area contributed by atoms with E-state index in [1.807, 2.05) is 30.3 Å². The number of rotatable bonds is 5. The molecule has 0 aliphatic rings. The van der Waals surface area contributed by atoms with Crippen LogP contribution >= 0.6 is 11.6 Å². The van der Waals surface area contributed by atoms with E-state index in [0.29, 0.717) is 11.6 Å². The molecule has 0 heterocycles. The van der Waals surface area contributed by atoms with Crippen LogP contribution in [0.15, 0.2) is 54.6 Å². The number of carbonyl (C=O) groups excluding carboxylic acids is 1. The number of anilines is 2. The predicted molar refractivity (Wildman–Crippen MR) is 89.2 cm³/mol. The van der Waals surface area contributed by atoms with Gasteiger partial charge >= 0.3 is 6.03 Å².